The molecule has 0 radical (unpaired) electrons. The van der Waals surface area contributed by atoms with Gasteiger partial charge < -0.3 is 19.7 Å². The van der Waals surface area contributed by atoms with Crippen LogP contribution in [0.5, 0.6) is 0 Å². The van der Waals surface area contributed by atoms with E-state index in [0.29, 0.717) is 0 Å². The lowest BCUT2D eigenvalue weighted by Gasteiger charge is -2.48. The first-order valence-electron chi connectivity index (χ1n) is 7.53. The molecule has 6 nitrogen and oxygen atoms in total. The Morgan fingerprint density at radius 3 is 2.59 bits per heavy atom. The van der Waals surface area contributed by atoms with Gasteiger partial charge in [-0.05, 0) is 26.2 Å². The number of esters is 2. The Hall–Kier alpha value is -1.40. The van der Waals surface area contributed by atoms with Crippen LogP contribution in [0.1, 0.15) is 27.2 Å². The highest BCUT2D eigenvalue weighted by atomic mass is 16.6. The zero-order chi connectivity index (χ0) is 16.4. The zero-order valence-corrected chi connectivity index (χ0v) is 13.3. The van der Waals surface area contributed by atoms with Gasteiger partial charge in [0.1, 0.15) is 5.60 Å². The highest BCUT2D eigenvalue weighted by Crippen LogP contribution is 2.72. The van der Waals surface area contributed by atoms with E-state index < -0.39 is 35.0 Å². The van der Waals surface area contributed by atoms with Crippen LogP contribution in [-0.2, 0) is 19.1 Å². The summed E-state index contributed by atoms with van der Waals surface area (Å²) in [6.45, 7) is 5.10. The van der Waals surface area contributed by atoms with Crippen molar-refractivity contribution in [3.63, 3.8) is 0 Å². The maximum Gasteiger partial charge on any atom is 0.337 e. The average Bonchev–Trinajstić information content (AvgIpc) is 3.23. The molecular formula is C16H22O6. The second kappa shape index (κ2) is 4.55. The van der Waals surface area contributed by atoms with Gasteiger partial charge in [-0.15, -0.1) is 0 Å². The Morgan fingerprint density at radius 2 is 2.05 bits per heavy atom. The standard InChI is InChI=1S/C16H22O6/c1-7(13(19)21-4)10-11(18)12-15(2,6-17)8-5-9(8)16(12,3)22-14(10)20/h8-9,11-12,17-18H,5-6H2,1-4H3. The van der Waals surface area contributed by atoms with Crippen LogP contribution in [0, 0.1) is 23.2 Å². The number of fused-ring (bicyclic) bond motifs is 3. The largest absolute Gasteiger partial charge is 0.466 e. The molecule has 0 spiro atoms. The van der Waals surface area contributed by atoms with Crippen molar-refractivity contribution in [2.24, 2.45) is 23.2 Å². The Labute approximate surface area is 129 Å². The van der Waals surface area contributed by atoms with Gasteiger partial charge in [-0.1, -0.05) is 6.92 Å². The molecule has 3 fully saturated rings. The first-order chi connectivity index (χ1) is 10.2. The number of aliphatic hydroxyl groups excluding tert-OH is 2. The summed E-state index contributed by atoms with van der Waals surface area (Å²) in [4.78, 5) is 24.1. The lowest BCUT2D eigenvalue weighted by atomic mass is 9.65. The number of carbonyl (C=O) groups is 2. The first-order valence-corrected chi connectivity index (χ1v) is 7.53. The maximum atomic E-state index is 12.4. The fraction of sp³-hybridized carbons (Fsp3) is 0.750. The van der Waals surface area contributed by atoms with Gasteiger partial charge in [0.05, 0.1) is 18.8 Å². The van der Waals surface area contributed by atoms with Gasteiger partial charge in [0.15, 0.2) is 0 Å². The SMILES string of the molecule is COC(=O)C(C)=C1C(=O)OC2(C)C3CC3C(C)(CO)C2C1O. The highest BCUT2D eigenvalue weighted by Gasteiger charge is 2.76. The molecule has 0 amide bonds. The van der Waals surface area contributed by atoms with Gasteiger partial charge in [-0.2, -0.15) is 0 Å². The molecule has 1 aliphatic heterocycles. The summed E-state index contributed by atoms with van der Waals surface area (Å²) in [6, 6.07) is 0. The van der Waals surface area contributed by atoms with Crippen molar-refractivity contribution >= 4 is 11.9 Å². The quantitative estimate of drug-likeness (QED) is 0.567. The predicted molar refractivity (Wildman–Crippen MR) is 75.5 cm³/mol. The molecule has 3 rings (SSSR count). The van der Waals surface area contributed by atoms with E-state index in [2.05, 4.69) is 4.74 Å². The monoisotopic (exact) mass is 310 g/mol. The van der Waals surface area contributed by atoms with Gasteiger partial charge in [-0.3, -0.25) is 0 Å². The minimum Gasteiger partial charge on any atom is -0.466 e. The van der Waals surface area contributed by atoms with Gasteiger partial charge in [0, 0.05) is 29.4 Å². The van der Waals surface area contributed by atoms with E-state index in [1.54, 1.807) is 0 Å². The van der Waals surface area contributed by atoms with Crippen molar-refractivity contribution in [2.45, 2.75) is 38.9 Å². The van der Waals surface area contributed by atoms with E-state index in [-0.39, 0.29) is 29.6 Å². The van der Waals surface area contributed by atoms with Crippen LogP contribution in [0.2, 0.25) is 0 Å². The normalized spacial score (nSPS) is 48.2. The number of ether oxygens (including phenoxy) is 2. The summed E-state index contributed by atoms with van der Waals surface area (Å²) in [5.41, 5.74) is -1.31. The molecule has 22 heavy (non-hydrogen) atoms. The van der Waals surface area contributed by atoms with E-state index in [9.17, 15) is 19.8 Å². The third-order valence-corrected chi connectivity index (χ3v) is 6.08. The zero-order valence-electron chi connectivity index (χ0n) is 13.3. The molecule has 2 aliphatic carbocycles. The first kappa shape index (κ1) is 15.5. The Bertz CT molecular complexity index is 581. The number of rotatable bonds is 2. The van der Waals surface area contributed by atoms with Crippen molar-refractivity contribution in [3.05, 3.63) is 11.1 Å². The van der Waals surface area contributed by atoms with Gasteiger partial charge in [0.2, 0.25) is 0 Å². The van der Waals surface area contributed by atoms with Crippen LogP contribution in [0.15, 0.2) is 11.1 Å². The molecule has 3 aliphatic rings. The maximum absolute atomic E-state index is 12.4. The Balaban J connectivity index is 2.08. The molecule has 122 valence electrons. The summed E-state index contributed by atoms with van der Waals surface area (Å²) < 4.78 is 10.3. The van der Waals surface area contributed by atoms with E-state index in [0.717, 1.165) is 6.42 Å². The Kier molecular flexibility index (Phi) is 3.21. The summed E-state index contributed by atoms with van der Waals surface area (Å²) in [6.07, 6.45) is -0.255. The number of aliphatic hydroxyl groups is 2. The Morgan fingerprint density at radius 1 is 1.41 bits per heavy atom. The van der Waals surface area contributed by atoms with E-state index in [1.807, 2.05) is 13.8 Å². The van der Waals surface area contributed by atoms with Crippen LogP contribution >= 0.6 is 0 Å². The molecular weight excluding hydrogens is 288 g/mol. The smallest absolute Gasteiger partial charge is 0.337 e. The highest BCUT2D eigenvalue weighted by molar-refractivity contribution is 6.01. The molecule has 6 atom stereocenters. The van der Waals surface area contributed by atoms with Crippen molar-refractivity contribution < 1.29 is 29.3 Å². The van der Waals surface area contributed by atoms with E-state index in [1.165, 1.54) is 14.0 Å². The predicted octanol–water partition coefficient (Wildman–Crippen LogP) is 0.417. The van der Waals surface area contributed by atoms with Crippen LogP contribution in [0.3, 0.4) is 0 Å². The molecule has 0 aromatic heterocycles. The van der Waals surface area contributed by atoms with Crippen LogP contribution in [-0.4, -0.2) is 47.6 Å². The lowest BCUT2D eigenvalue weighted by Crippen LogP contribution is -2.57. The molecule has 0 aromatic rings. The molecule has 6 unspecified atom stereocenters. The fourth-order valence-corrected chi connectivity index (χ4v) is 4.88. The van der Waals surface area contributed by atoms with Gasteiger partial charge in [0.25, 0.3) is 0 Å². The molecule has 0 aromatic carbocycles. The van der Waals surface area contributed by atoms with Crippen LogP contribution in [0.25, 0.3) is 0 Å². The van der Waals surface area contributed by atoms with Gasteiger partial charge >= 0.3 is 11.9 Å². The van der Waals surface area contributed by atoms with Crippen molar-refractivity contribution in [3.8, 4) is 0 Å². The summed E-state index contributed by atoms with van der Waals surface area (Å²) >= 11 is 0. The minimum atomic E-state index is -1.14. The topological polar surface area (TPSA) is 93.1 Å². The number of methoxy groups -OCH3 is 1. The number of carbonyl (C=O) groups excluding carboxylic acids is 2. The second-order valence-corrected chi connectivity index (χ2v) is 7.14. The minimum absolute atomic E-state index is 0.0460. The molecule has 6 heteroatoms. The fourth-order valence-electron chi connectivity index (χ4n) is 4.88. The van der Waals surface area contributed by atoms with Crippen LogP contribution in [0.4, 0.5) is 0 Å². The van der Waals surface area contributed by atoms with E-state index in [4.69, 9.17) is 4.74 Å². The third kappa shape index (κ3) is 1.68. The number of hydrogen-bond acceptors (Lipinski definition) is 6. The molecule has 2 N–H and O–H groups in total. The van der Waals surface area contributed by atoms with Crippen LogP contribution < -0.4 is 0 Å². The summed E-state index contributed by atoms with van der Waals surface area (Å²) in [5, 5.41) is 20.7. The van der Waals surface area contributed by atoms with E-state index >= 15 is 0 Å². The molecule has 0 bridgehead atoms. The van der Waals surface area contributed by atoms with Gasteiger partial charge in [-0.25, -0.2) is 9.59 Å². The molecule has 1 saturated heterocycles. The third-order valence-electron chi connectivity index (χ3n) is 6.08. The average molecular weight is 310 g/mol. The summed E-state index contributed by atoms with van der Waals surface area (Å²) in [7, 11) is 1.22. The number of hydrogen-bond donors (Lipinski definition) is 2. The second-order valence-electron chi connectivity index (χ2n) is 7.14. The molecule has 2 saturated carbocycles. The summed E-state index contributed by atoms with van der Waals surface area (Å²) in [5.74, 6) is -1.37. The van der Waals surface area contributed by atoms with Crippen molar-refractivity contribution in [1.29, 1.82) is 0 Å². The van der Waals surface area contributed by atoms with Crippen molar-refractivity contribution in [2.75, 3.05) is 13.7 Å². The molecule has 1 heterocycles. The van der Waals surface area contributed by atoms with Crippen molar-refractivity contribution in [1.82, 2.24) is 0 Å². The lowest BCUT2D eigenvalue weighted by molar-refractivity contribution is -0.186.